The number of nitrogens with zero attached hydrogens (tertiary/aromatic N) is 4. The summed E-state index contributed by atoms with van der Waals surface area (Å²) in [5, 5.41) is 3.97. The molecule has 0 atom stereocenters. The first kappa shape index (κ1) is 21.1. The van der Waals surface area contributed by atoms with Crippen molar-refractivity contribution in [3.8, 4) is 22.9 Å². The summed E-state index contributed by atoms with van der Waals surface area (Å²) in [5.74, 6) is 2.23. The van der Waals surface area contributed by atoms with E-state index >= 15 is 0 Å². The zero-order valence-electron chi connectivity index (χ0n) is 18.1. The number of benzene rings is 1. The van der Waals surface area contributed by atoms with Gasteiger partial charge >= 0.3 is 0 Å². The van der Waals surface area contributed by atoms with Gasteiger partial charge in [0.2, 0.25) is 17.6 Å². The zero-order valence-corrected chi connectivity index (χ0v) is 18.1. The number of hydrogen-bond donors (Lipinski definition) is 0. The Hall–Kier alpha value is -3.75. The third kappa shape index (κ3) is 4.72. The number of pyridine rings is 1. The number of Topliss-reactive ketones (excluding diaryl/α,β-unsaturated/α-hetero) is 1. The van der Waals surface area contributed by atoms with Gasteiger partial charge in [0.15, 0.2) is 17.3 Å². The topological polar surface area (TPSA) is 108 Å². The Kier molecular flexibility index (Phi) is 6.01. The maximum absolute atomic E-state index is 13.0. The fourth-order valence-electron chi connectivity index (χ4n) is 4.17. The highest BCUT2D eigenvalue weighted by molar-refractivity contribution is 5.98. The monoisotopic (exact) mass is 448 g/mol. The number of carbonyl (C=O) groups excluding carboxylic acids is 2. The molecular weight excluding hydrogens is 424 g/mol. The molecule has 1 fully saturated rings. The molecule has 0 aliphatic carbocycles. The molecule has 0 radical (unpaired) electrons. The van der Waals surface area contributed by atoms with Gasteiger partial charge in [-0.15, -0.1) is 0 Å². The lowest BCUT2D eigenvalue weighted by atomic mass is 9.88. The number of aryl methyl sites for hydroxylation is 1. The lowest BCUT2D eigenvalue weighted by Crippen LogP contribution is -2.40. The molecule has 0 saturated carbocycles. The van der Waals surface area contributed by atoms with Gasteiger partial charge < -0.3 is 18.9 Å². The van der Waals surface area contributed by atoms with Crippen LogP contribution >= 0.6 is 0 Å². The Balaban J connectivity index is 1.12. The molecule has 1 aromatic carbocycles. The minimum Gasteiger partial charge on any atom is -0.486 e. The van der Waals surface area contributed by atoms with Gasteiger partial charge in [0.25, 0.3) is 0 Å². The van der Waals surface area contributed by atoms with Crippen LogP contribution in [0, 0.1) is 5.92 Å². The van der Waals surface area contributed by atoms with Crippen LogP contribution in [-0.4, -0.2) is 58.0 Å². The van der Waals surface area contributed by atoms with Crippen molar-refractivity contribution in [3.05, 3.63) is 54.2 Å². The highest BCUT2D eigenvalue weighted by Gasteiger charge is 2.29. The van der Waals surface area contributed by atoms with Gasteiger partial charge in [0.05, 0.1) is 0 Å². The molecule has 0 spiro atoms. The van der Waals surface area contributed by atoms with E-state index in [-0.39, 0.29) is 17.6 Å². The second-order valence-electron chi connectivity index (χ2n) is 8.13. The second kappa shape index (κ2) is 9.40. The van der Waals surface area contributed by atoms with Crippen molar-refractivity contribution >= 4 is 11.7 Å². The first-order chi connectivity index (χ1) is 16.2. The number of likely N-dealkylation sites (tertiary alicyclic amines) is 1. The van der Waals surface area contributed by atoms with Crippen LogP contribution in [0.25, 0.3) is 11.4 Å². The van der Waals surface area contributed by atoms with Crippen molar-refractivity contribution in [1.82, 2.24) is 20.0 Å². The van der Waals surface area contributed by atoms with Crippen LogP contribution in [0.4, 0.5) is 0 Å². The van der Waals surface area contributed by atoms with Gasteiger partial charge in [-0.25, -0.2) is 0 Å². The number of hydrogen-bond acceptors (Lipinski definition) is 8. The lowest BCUT2D eigenvalue weighted by Gasteiger charge is -2.31. The van der Waals surface area contributed by atoms with Crippen molar-refractivity contribution in [2.24, 2.45) is 5.92 Å². The number of amides is 1. The van der Waals surface area contributed by atoms with Gasteiger partial charge in [-0.05, 0) is 43.2 Å². The highest BCUT2D eigenvalue weighted by atomic mass is 16.6. The number of rotatable bonds is 6. The summed E-state index contributed by atoms with van der Waals surface area (Å²) in [6, 6.07) is 8.95. The molecule has 0 bridgehead atoms. The molecule has 0 N–H and O–H groups in total. The molecule has 0 unspecified atom stereocenters. The van der Waals surface area contributed by atoms with Crippen LogP contribution in [0.15, 0.2) is 47.2 Å². The van der Waals surface area contributed by atoms with Crippen LogP contribution in [0.1, 0.15) is 35.5 Å². The average molecular weight is 448 g/mol. The van der Waals surface area contributed by atoms with Crippen LogP contribution in [0.2, 0.25) is 0 Å². The molecule has 170 valence electrons. The number of ketones is 1. The molecule has 5 rings (SSSR count). The Labute approximate surface area is 190 Å². The largest absolute Gasteiger partial charge is 0.486 e. The third-order valence-electron chi connectivity index (χ3n) is 6.00. The van der Waals surface area contributed by atoms with Crippen LogP contribution < -0.4 is 9.47 Å². The fourth-order valence-corrected chi connectivity index (χ4v) is 4.17. The summed E-state index contributed by atoms with van der Waals surface area (Å²) in [4.78, 5) is 35.8. The van der Waals surface area contributed by atoms with Crippen LogP contribution in [0.3, 0.4) is 0 Å². The summed E-state index contributed by atoms with van der Waals surface area (Å²) in [7, 11) is 0. The molecule has 2 aliphatic heterocycles. The number of aromatic nitrogens is 3. The molecule has 33 heavy (non-hydrogen) atoms. The van der Waals surface area contributed by atoms with Crippen molar-refractivity contribution < 1.29 is 23.6 Å². The van der Waals surface area contributed by atoms with Gasteiger partial charge in [-0.3, -0.25) is 14.6 Å². The van der Waals surface area contributed by atoms with E-state index in [2.05, 4.69) is 15.1 Å². The SMILES string of the molecule is O=C(c1ccc2c(c1)OCCO2)C1CCN(C(=O)CCc2nc(-c3ccncc3)no2)CC1. The molecule has 4 heterocycles. The third-order valence-corrected chi connectivity index (χ3v) is 6.00. The molecule has 2 aliphatic rings. The maximum Gasteiger partial charge on any atom is 0.227 e. The van der Waals surface area contributed by atoms with Gasteiger partial charge in [0.1, 0.15) is 13.2 Å². The van der Waals surface area contributed by atoms with Crippen LogP contribution in [-0.2, 0) is 11.2 Å². The van der Waals surface area contributed by atoms with E-state index in [1.165, 1.54) is 0 Å². The molecule has 9 heteroatoms. The van der Waals surface area contributed by atoms with E-state index in [4.69, 9.17) is 14.0 Å². The molecular formula is C24H24N4O5. The Morgan fingerprint density at radius 2 is 1.76 bits per heavy atom. The first-order valence-corrected chi connectivity index (χ1v) is 11.1. The molecule has 1 saturated heterocycles. The number of carbonyl (C=O) groups is 2. The van der Waals surface area contributed by atoms with Crippen molar-refractivity contribution in [1.29, 1.82) is 0 Å². The van der Waals surface area contributed by atoms with E-state index in [0.717, 1.165) is 5.56 Å². The van der Waals surface area contributed by atoms with Gasteiger partial charge in [-0.1, -0.05) is 5.16 Å². The Morgan fingerprint density at radius 3 is 2.55 bits per heavy atom. The van der Waals surface area contributed by atoms with E-state index in [1.807, 2.05) is 4.90 Å². The maximum atomic E-state index is 13.0. The lowest BCUT2D eigenvalue weighted by molar-refractivity contribution is -0.132. The number of fused-ring (bicyclic) bond motifs is 1. The minimum atomic E-state index is -0.101. The van der Waals surface area contributed by atoms with Crippen LogP contribution in [0.5, 0.6) is 11.5 Å². The van der Waals surface area contributed by atoms with E-state index in [9.17, 15) is 9.59 Å². The predicted octanol–water partition coefficient (Wildman–Crippen LogP) is 2.96. The van der Waals surface area contributed by atoms with Gasteiger partial charge in [-0.2, -0.15) is 4.98 Å². The first-order valence-electron chi connectivity index (χ1n) is 11.1. The van der Waals surface area contributed by atoms with Crippen molar-refractivity contribution in [3.63, 3.8) is 0 Å². The number of piperidine rings is 1. The summed E-state index contributed by atoms with van der Waals surface area (Å²) >= 11 is 0. The van der Waals surface area contributed by atoms with E-state index < -0.39 is 0 Å². The zero-order chi connectivity index (χ0) is 22.6. The van der Waals surface area contributed by atoms with E-state index in [1.54, 1.807) is 42.7 Å². The Morgan fingerprint density at radius 1 is 1.00 bits per heavy atom. The quantitative estimate of drug-likeness (QED) is 0.530. The van der Waals surface area contributed by atoms with Crippen molar-refractivity contribution in [2.45, 2.75) is 25.7 Å². The Bertz CT molecular complexity index is 1140. The standard InChI is InChI=1S/C24H24N4O5/c29-22(4-3-21-26-24(27-33-21)17-5-9-25-10-6-17)28-11-7-16(8-12-28)23(30)18-1-2-19-20(15-18)32-14-13-31-19/h1-2,5-6,9-10,15-16H,3-4,7-8,11-14H2. The summed E-state index contributed by atoms with van der Waals surface area (Å²) in [6.07, 6.45) is 5.29. The molecule has 1 amide bonds. The molecule has 2 aromatic heterocycles. The normalized spacial score (nSPS) is 15.9. The predicted molar refractivity (Wildman–Crippen MR) is 117 cm³/mol. The summed E-state index contributed by atoms with van der Waals surface area (Å²) in [6.45, 7) is 2.13. The summed E-state index contributed by atoms with van der Waals surface area (Å²) < 4.78 is 16.4. The highest BCUT2D eigenvalue weighted by Crippen LogP contribution is 2.32. The second-order valence-corrected chi connectivity index (χ2v) is 8.13. The average Bonchev–Trinajstić information content (AvgIpc) is 3.36. The minimum absolute atomic E-state index is 0.0314. The van der Waals surface area contributed by atoms with Gasteiger partial charge in [0, 0.05) is 55.4 Å². The fraction of sp³-hybridized carbons (Fsp3) is 0.375. The molecule has 9 nitrogen and oxygen atoms in total. The summed E-state index contributed by atoms with van der Waals surface area (Å²) in [5.41, 5.74) is 1.45. The molecule has 3 aromatic rings. The van der Waals surface area contributed by atoms with E-state index in [0.29, 0.717) is 80.8 Å². The number of ether oxygens (including phenoxy) is 2. The van der Waals surface area contributed by atoms with Crippen molar-refractivity contribution in [2.75, 3.05) is 26.3 Å². The smallest absolute Gasteiger partial charge is 0.227 e.